The Morgan fingerprint density at radius 2 is 1.81 bits per heavy atom. The van der Waals surface area contributed by atoms with Crippen LogP contribution in [0.1, 0.15) is 5.56 Å². The molecule has 0 aliphatic carbocycles. The maximum atomic E-state index is 9.01. The van der Waals surface area contributed by atoms with Crippen molar-refractivity contribution in [3.63, 3.8) is 0 Å². The number of oxime groups is 1. The van der Waals surface area contributed by atoms with Crippen molar-refractivity contribution >= 4 is 16.6 Å². The van der Waals surface area contributed by atoms with Gasteiger partial charge in [0.1, 0.15) is 0 Å². The van der Waals surface area contributed by atoms with Crippen LogP contribution in [-0.2, 0) is 0 Å². The van der Waals surface area contributed by atoms with Crippen LogP contribution in [-0.4, -0.2) is 29.0 Å². The molecule has 80 valence electrons. The Bertz CT molecular complexity index is 559. The van der Waals surface area contributed by atoms with Crippen LogP contribution in [0.2, 0.25) is 0 Å². The van der Waals surface area contributed by atoms with Gasteiger partial charge in [-0.2, -0.15) is 0 Å². The summed E-state index contributed by atoms with van der Waals surface area (Å²) in [5, 5.41) is 14.8. The van der Waals surface area contributed by atoms with Gasteiger partial charge >= 0.3 is 0 Å². The van der Waals surface area contributed by atoms with Gasteiger partial charge in [-0.1, -0.05) is 41.6 Å². The number of rotatable bonds is 1. The van der Waals surface area contributed by atoms with Crippen molar-refractivity contribution in [1.29, 1.82) is 0 Å². The first-order chi connectivity index (χ1) is 7.88. The van der Waals surface area contributed by atoms with E-state index in [1.165, 1.54) is 10.8 Å². The molecule has 1 heterocycles. The minimum atomic E-state index is 0.672. The average molecular weight is 212 g/mol. The monoisotopic (exact) mass is 212 g/mol. The Morgan fingerprint density at radius 1 is 1.06 bits per heavy atom. The van der Waals surface area contributed by atoms with Crippen molar-refractivity contribution in [2.75, 3.05) is 13.1 Å². The van der Waals surface area contributed by atoms with E-state index >= 15 is 0 Å². The van der Waals surface area contributed by atoms with Crippen molar-refractivity contribution in [2.24, 2.45) is 5.16 Å². The second kappa shape index (κ2) is 3.52. The maximum Gasteiger partial charge on any atom is 0.175 e. The number of amidine groups is 1. The van der Waals surface area contributed by atoms with Crippen LogP contribution in [0.3, 0.4) is 0 Å². The van der Waals surface area contributed by atoms with Crippen LogP contribution in [0.25, 0.3) is 10.8 Å². The maximum absolute atomic E-state index is 9.01. The highest BCUT2D eigenvalue weighted by Crippen LogP contribution is 2.19. The van der Waals surface area contributed by atoms with Crippen molar-refractivity contribution in [3.05, 3.63) is 48.0 Å². The topological polar surface area (TPSA) is 35.6 Å². The van der Waals surface area contributed by atoms with Gasteiger partial charge in [-0.3, -0.25) is 0 Å². The molecule has 1 saturated heterocycles. The van der Waals surface area contributed by atoms with Gasteiger partial charge in [0.15, 0.2) is 5.84 Å². The Balaban J connectivity index is 2.10. The van der Waals surface area contributed by atoms with Crippen molar-refractivity contribution in [3.8, 4) is 0 Å². The molecule has 0 spiro atoms. The molecule has 0 amide bonds. The summed E-state index contributed by atoms with van der Waals surface area (Å²) in [5.74, 6) is 0.672. The molecule has 1 N–H and O–H groups in total. The van der Waals surface area contributed by atoms with E-state index in [1.54, 1.807) is 0 Å². The first kappa shape index (κ1) is 9.21. The summed E-state index contributed by atoms with van der Waals surface area (Å²) in [4.78, 5) is 2.03. The highest BCUT2D eigenvalue weighted by atomic mass is 16.4. The molecule has 2 aromatic rings. The minimum Gasteiger partial charge on any atom is -0.409 e. The standard InChI is InChI=1S/C13H12N2O/c16-14-13(15-7-8-15)12-6-5-10-3-1-2-4-11(10)9-12/h1-6,9,16H,7-8H2/b14-13+. The fraction of sp³-hybridized carbons (Fsp3) is 0.154. The van der Waals surface area contributed by atoms with Gasteiger partial charge in [-0.05, 0) is 16.8 Å². The Hall–Kier alpha value is -2.03. The normalized spacial score (nSPS) is 15.5. The summed E-state index contributed by atoms with van der Waals surface area (Å²) in [7, 11) is 0. The number of fused-ring (bicyclic) bond motifs is 1. The summed E-state index contributed by atoms with van der Waals surface area (Å²) >= 11 is 0. The SMILES string of the molecule is O/N=C(\c1ccc2ccccc2c1)N1CC1. The number of hydrogen-bond acceptors (Lipinski definition) is 2. The largest absolute Gasteiger partial charge is 0.409 e. The average Bonchev–Trinajstić information content (AvgIpc) is 3.14. The quantitative estimate of drug-likeness (QED) is 0.259. The molecular weight excluding hydrogens is 200 g/mol. The van der Waals surface area contributed by atoms with Crippen LogP contribution in [0.15, 0.2) is 47.6 Å². The highest BCUT2D eigenvalue weighted by Gasteiger charge is 2.23. The summed E-state index contributed by atoms with van der Waals surface area (Å²) in [6.07, 6.45) is 0. The van der Waals surface area contributed by atoms with Crippen molar-refractivity contribution in [2.45, 2.75) is 0 Å². The molecule has 0 radical (unpaired) electrons. The lowest BCUT2D eigenvalue weighted by molar-refractivity contribution is 0.314. The van der Waals surface area contributed by atoms with E-state index < -0.39 is 0 Å². The molecule has 3 heteroatoms. The van der Waals surface area contributed by atoms with E-state index in [1.807, 2.05) is 23.1 Å². The lowest BCUT2D eigenvalue weighted by Gasteiger charge is -2.06. The summed E-state index contributed by atoms with van der Waals surface area (Å²) in [6.45, 7) is 1.96. The zero-order valence-corrected chi connectivity index (χ0v) is 8.80. The Morgan fingerprint density at radius 3 is 2.50 bits per heavy atom. The summed E-state index contributed by atoms with van der Waals surface area (Å²) < 4.78 is 0. The third kappa shape index (κ3) is 1.50. The molecule has 1 aliphatic heterocycles. The van der Waals surface area contributed by atoms with Crippen molar-refractivity contribution < 1.29 is 5.21 Å². The molecule has 3 rings (SSSR count). The van der Waals surface area contributed by atoms with Gasteiger partial charge in [0.2, 0.25) is 0 Å². The lowest BCUT2D eigenvalue weighted by Crippen LogP contribution is -2.12. The van der Waals surface area contributed by atoms with E-state index in [9.17, 15) is 0 Å². The molecule has 0 bridgehead atoms. The third-order valence-electron chi connectivity index (χ3n) is 2.85. The van der Waals surface area contributed by atoms with Crippen LogP contribution < -0.4 is 0 Å². The van der Waals surface area contributed by atoms with E-state index in [-0.39, 0.29) is 0 Å². The number of benzene rings is 2. The summed E-state index contributed by atoms with van der Waals surface area (Å²) in [6, 6.07) is 14.3. The van der Waals surface area contributed by atoms with E-state index in [2.05, 4.69) is 29.4 Å². The fourth-order valence-electron chi connectivity index (χ4n) is 1.89. The summed E-state index contributed by atoms with van der Waals surface area (Å²) in [5.41, 5.74) is 0.971. The van der Waals surface area contributed by atoms with E-state index in [0.717, 1.165) is 18.7 Å². The van der Waals surface area contributed by atoms with Gasteiger partial charge in [0.25, 0.3) is 0 Å². The zero-order chi connectivity index (χ0) is 11.0. The van der Waals surface area contributed by atoms with Crippen LogP contribution in [0, 0.1) is 0 Å². The second-order valence-electron chi connectivity index (χ2n) is 3.97. The van der Waals surface area contributed by atoms with Gasteiger partial charge in [-0.25, -0.2) is 0 Å². The highest BCUT2D eigenvalue weighted by molar-refractivity contribution is 6.02. The first-order valence-electron chi connectivity index (χ1n) is 5.35. The third-order valence-corrected chi connectivity index (χ3v) is 2.85. The Labute approximate surface area is 93.6 Å². The van der Waals surface area contributed by atoms with Gasteiger partial charge in [0.05, 0.1) is 0 Å². The molecule has 0 atom stereocenters. The first-order valence-corrected chi connectivity index (χ1v) is 5.35. The van der Waals surface area contributed by atoms with Crippen LogP contribution >= 0.6 is 0 Å². The van der Waals surface area contributed by atoms with Crippen LogP contribution in [0.5, 0.6) is 0 Å². The fourth-order valence-corrected chi connectivity index (χ4v) is 1.89. The van der Waals surface area contributed by atoms with Gasteiger partial charge in [0, 0.05) is 18.7 Å². The molecule has 2 aromatic carbocycles. The molecule has 0 aromatic heterocycles. The number of nitrogens with zero attached hydrogens (tertiary/aromatic N) is 2. The smallest absolute Gasteiger partial charge is 0.175 e. The Kier molecular flexibility index (Phi) is 2.03. The molecular formula is C13H12N2O. The predicted molar refractivity (Wildman–Crippen MR) is 63.8 cm³/mol. The van der Waals surface area contributed by atoms with E-state index in [0.29, 0.717) is 5.84 Å². The second-order valence-corrected chi connectivity index (χ2v) is 3.97. The van der Waals surface area contributed by atoms with Crippen molar-refractivity contribution in [1.82, 2.24) is 4.90 Å². The molecule has 3 nitrogen and oxygen atoms in total. The molecule has 16 heavy (non-hydrogen) atoms. The van der Waals surface area contributed by atoms with Gasteiger partial charge in [-0.15, -0.1) is 0 Å². The number of hydrogen-bond donors (Lipinski definition) is 1. The van der Waals surface area contributed by atoms with Crippen LogP contribution in [0.4, 0.5) is 0 Å². The molecule has 1 fully saturated rings. The van der Waals surface area contributed by atoms with E-state index in [4.69, 9.17) is 5.21 Å². The molecule has 0 saturated carbocycles. The minimum absolute atomic E-state index is 0.672. The van der Waals surface area contributed by atoms with Gasteiger partial charge < -0.3 is 10.1 Å². The molecule has 1 aliphatic rings. The zero-order valence-electron chi connectivity index (χ0n) is 8.80. The molecule has 0 unspecified atom stereocenters. The lowest BCUT2D eigenvalue weighted by atomic mass is 10.1. The predicted octanol–water partition coefficient (Wildman–Crippen LogP) is 2.29.